The van der Waals surface area contributed by atoms with E-state index in [1.54, 1.807) is 12.1 Å². The van der Waals surface area contributed by atoms with E-state index >= 15 is 0 Å². The standard InChI is InChI=1S/C14H14N2O2/c17-16(18)14-9-5-4-8-13(14)11-15-10-12-6-2-1-3-7-12/h1-9,15H,10-11H2. The quantitative estimate of drug-likeness (QED) is 0.648. The summed E-state index contributed by atoms with van der Waals surface area (Å²) < 4.78 is 0. The number of rotatable bonds is 5. The molecule has 92 valence electrons. The molecule has 1 N–H and O–H groups in total. The molecule has 2 aromatic rings. The molecule has 4 heteroatoms. The summed E-state index contributed by atoms with van der Waals surface area (Å²) in [5, 5.41) is 14.0. The van der Waals surface area contributed by atoms with Crippen molar-refractivity contribution in [2.75, 3.05) is 0 Å². The highest BCUT2D eigenvalue weighted by Crippen LogP contribution is 2.17. The molecule has 0 heterocycles. The molecule has 0 aromatic heterocycles. The molecule has 0 bridgehead atoms. The minimum absolute atomic E-state index is 0.165. The fourth-order valence-electron chi connectivity index (χ4n) is 1.78. The van der Waals surface area contributed by atoms with Gasteiger partial charge in [-0.2, -0.15) is 0 Å². The molecule has 0 atom stereocenters. The van der Waals surface area contributed by atoms with Gasteiger partial charge in [0.2, 0.25) is 0 Å². The normalized spacial score (nSPS) is 10.2. The average molecular weight is 242 g/mol. The van der Waals surface area contributed by atoms with Gasteiger partial charge in [0.25, 0.3) is 5.69 Å². The zero-order valence-electron chi connectivity index (χ0n) is 9.87. The third kappa shape index (κ3) is 3.15. The Morgan fingerprint density at radius 1 is 0.944 bits per heavy atom. The molecule has 18 heavy (non-hydrogen) atoms. The van der Waals surface area contributed by atoms with E-state index in [0.717, 1.165) is 5.56 Å². The van der Waals surface area contributed by atoms with Crippen LogP contribution in [0.1, 0.15) is 11.1 Å². The number of nitro groups is 1. The van der Waals surface area contributed by atoms with Crippen molar-refractivity contribution in [2.24, 2.45) is 0 Å². The lowest BCUT2D eigenvalue weighted by atomic mass is 10.1. The molecule has 0 spiro atoms. The summed E-state index contributed by atoms with van der Waals surface area (Å²) in [6.07, 6.45) is 0. The lowest BCUT2D eigenvalue weighted by Crippen LogP contribution is -2.13. The Balaban J connectivity index is 1.97. The van der Waals surface area contributed by atoms with Crippen molar-refractivity contribution in [2.45, 2.75) is 13.1 Å². The third-order valence-electron chi connectivity index (χ3n) is 2.68. The molecule has 0 unspecified atom stereocenters. The zero-order chi connectivity index (χ0) is 12.8. The van der Waals surface area contributed by atoms with E-state index in [-0.39, 0.29) is 10.6 Å². The van der Waals surface area contributed by atoms with Gasteiger partial charge in [0.05, 0.1) is 4.92 Å². The van der Waals surface area contributed by atoms with Crippen molar-refractivity contribution in [3.8, 4) is 0 Å². The topological polar surface area (TPSA) is 55.2 Å². The fraction of sp³-hybridized carbons (Fsp3) is 0.143. The van der Waals surface area contributed by atoms with Crippen LogP contribution in [0.3, 0.4) is 0 Å². The van der Waals surface area contributed by atoms with E-state index < -0.39 is 0 Å². The molecule has 0 aliphatic carbocycles. The Bertz CT molecular complexity index is 526. The lowest BCUT2D eigenvalue weighted by molar-refractivity contribution is -0.385. The van der Waals surface area contributed by atoms with Crippen molar-refractivity contribution >= 4 is 5.69 Å². The highest BCUT2D eigenvalue weighted by atomic mass is 16.6. The van der Waals surface area contributed by atoms with Gasteiger partial charge in [-0.1, -0.05) is 48.5 Å². The molecule has 0 radical (unpaired) electrons. The van der Waals surface area contributed by atoms with Crippen LogP contribution < -0.4 is 5.32 Å². The summed E-state index contributed by atoms with van der Waals surface area (Å²) in [7, 11) is 0. The van der Waals surface area contributed by atoms with Gasteiger partial charge in [0.15, 0.2) is 0 Å². The number of para-hydroxylation sites is 1. The molecular formula is C14H14N2O2. The molecule has 0 saturated heterocycles. The summed E-state index contributed by atoms with van der Waals surface area (Å²) in [6.45, 7) is 1.19. The van der Waals surface area contributed by atoms with Crippen LogP contribution in [0.25, 0.3) is 0 Å². The van der Waals surface area contributed by atoms with Crippen LogP contribution in [0.4, 0.5) is 5.69 Å². The zero-order valence-corrected chi connectivity index (χ0v) is 9.87. The molecule has 0 fully saturated rings. The van der Waals surface area contributed by atoms with Crippen LogP contribution in [-0.2, 0) is 13.1 Å². The Hall–Kier alpha value is -2.20. The van der Waals surface area contributed by atoms with Crippen LogP contribution in [-0.4, -0.2) is 4.92 Å². The van der Waals surface area contributed by atoms with E-state index in [4.69, 9.17) is 0 Å². The molecular weight excluding hydrogens is 228 g/mol. The second-order valence-corrected chi connectivity index (χ2v) is 3.97. The van der Waals surface area contributed by atoms with Crippen LogP contribution in [0.15, 0.2) is 54.6 Å². The van der Waals surface area contributed by atoms with Crippen LogP contribution in [0.5, 0.6) is 0 Å². The summed E-state index contributed by atoms with van der Waals surface area (Å²) in [5.41, 5.74) is 2.03. The Labute approximate surface area is 105 Å². The van der Waals surface area contributed by atoms with Crippen molar-refractivity contribution < 1.29 is 4.92 Å². The monoisotopic (exact) mass is 242 g/mol. The number of benzene rings is 2. The van der Waals surface area contributed by atoms with E-state index in [1.165, 1.54) is 6.07 Å². The molecule has 4 nitrogen and oxygen atoms in total. The predicted molar refractivity (Wildman–Crippen MR) is 70.1 cm³/mol. The SMILES string of the molecule is O=[N+]([O-])c1ccccc1CNCc1ccccc1. The Kier molecular flexibility index (Phi) is 4.04. The number of nitrogens with one attached hydrogen (secondary N) is 1. The van der Waals surface area contributed by atoms with Crippen molar-refractivity contribution in [3.05, 3.63) is 75.8 Å². The van der Waals surface area contributed by atoms with Gasteiger partial charge in [-0.15, -0.1) is 0 Å². The first-order valence-corrected chi connectivity index (χ1v) is 5.74. The second kappa shape index (κ2) is 5.93. The van der Waals surface area contributed by atoms with Gasteiger partial charge in [-0.3, -0.25) is 10.1 Å². The number of hydrogen-bond acceptors (Lipinski definition) is 3. The smallest absolute Gasteiger partial charge is 0.273 e. The Morgan fingerprint density at radius 2 is 1.61 bits per heavy atom. The molecule has 0 saturated carbocycles. The first-order chi connectivity index (χ1) is 8.77. The van der Waals surface area contributed by atoms with Gasteiger partial charge in [-0.05, 0) is 5.56 Å². The van der Waals surface area contributed by atoms with Gasteiger partial charge in [0.1, 0.15) is 0 Å². The van der Waals surface area contributed by atoms with Crippen molar-refractivity contribution in [1.82, 2.24) is 5.32 Å². The highest BCUT2D eigenvalue weighted by molar-refractivity contribution is 5.39. The predicted octanol–water partition coefficient (Wildman–Crippen LogP) is 2.88. The lowest BCUT2D eigenvalue weighted by Gasteiger charge is -2.05. The summed E-state index contributed by atoms with van der Waals surface area (Å²) in [6, 6.07) is 16.7. The summed E-state index contributed by atoms with van der Waals surface area (Å²) in [4.78, 5) is 10.5. The van der Waals surface area contributed by atoms with E-state index in [2.05, 4.69) is 5.32 Å². The molecule has 2 aromatic carbocycles. The second-order valence-electron chi connectivity index (χ2n) is 3.97. The van der Waals surface area contributed by atoms with Gasteiger partial charge in [-0.25, -0.2) is 0 Å². The van der Waals surface area contributed by atoms with Gasteiger partial charge in [0, 0.05) is 24.7 Å². The van der Waals surface area contributed by atoms with Crippen LogP contribution in [0.2, 0.25) is 0 Å². The van der Waals surface area contributed by atoms with Crippen molar-refractivity contribution in [3.63, 3.8) is 0 Å². The minimum atomic E-state index is -0.348. The van der Waals surface area contributed by atoms with E-state index in [1.807, 2.05) is 36.4 Å². The van der Waals surface area contributed by atoms with Crippen LogP contribution >= 0.6 is 0 Å². The largest absolute Gasteiger partial charge is 0.308 e. The van der Waals surface area contributed by atoms with Gasteiger partial charge < -0.3 is 5.32 Å². The van der Waals surface area contributed by atoms with E-state index in [9.17, 15) is 10.1 Å². The maximum atomic E-state index is 10.8. The van der Waals surface area contributed by atoms with Crippen LogP contribution in [0, 0.1) is 10.1 Å². The first-order valence-electron chi connectivity index (χ1n) is 5.74. The minimum Gasteiger partial charge on any atom is -0.308 e. The maximum Gasteiger partial charge on any atom is 0.273 e. The summed E-state index contributed by atoms with van der Waals surface area (Å²) >= 11 is 0. The molecule has 2 rings (SSSR count). The molecule has 0 amide bonds. The maximum absolute atomic E-state index is 10.8. The number of hydrogen-bond donors (Lipinski definition) is 1. The fourth-order valence-corrected chi connectivity index (χ4v) is 1.78. The highest BCUT2D eigenvalue weighted by Gasteiger charge is 2.11. The van der Waals surface area contributed by atoms with Crippen molar-refractivity contribution in [1.29, 1.82) is 0 Å². The van der Waals surface area contributed by atoms with Gasteiger partial charge >= 0.3 is 0 Å². The van der Waals surface area contributed by atoms with E-state index in [0.29, 0.717) is 18.7 Å². The summed E-state index contributed by atoms with van der Waals surface area (Å²) in [5.74, 6) is 0. The molecule has 0 aliphatic heterocycles. The number of nitrogens with zero attached hydrogens (tertiary/aromatic N) is 1. The third-order valence-corrected chi connectivity index (χ3v) is 2.68. The first kappa shape index (κ1) is 12.3. The Morgan fingerprint density at radius 3 is 2.33 bits per heavy atom. The molecule has 0 aliphatic rings. The average Bonchev–Trinajstić information content (AvgIpc) is 2.40. The number of nitro benzene ring substituents is 1.